The minimum absolute atomic E-state index is 0.184. The number of sulfonamides is 1. The average molecular weight is 273 g/mol. The Morgan fingerprint density at radius 1 is 1.11 bits per heavy atom. The highest BCUT2D eigenvalue weighted by molar-refractivity contribution is 7.98. The van der Waals surface area contributed by atoms with Crippen molar-refractivity contribution in [2.75, 3.05) is 21.3 Å². The van der Waals surface area contributed by atoms with Gasteiger partial charge in [0.15, 0.2) is 0 Å². The fourth-order valence-corrected chi connectivity index (χ4v) is 1.91. The lowest BCUT2D eigenvalue weighted by Gasteiger charge is -2.15. The molecule has 0 fully saturated rings. The highest BCUT2D eigenvalue weighted by atomic mass is 32.2. The van der Waals surface area contributed by atoms with E-state index in [4.69, 9.17) is 19.3 Å². The van der Waals surface area contributed by atoms with Crippen LogP contribution in [0.2, 0.25) is 0 Å². The van der Waals surface area contributed by atoms with Gasteiger partial charge in [-0.25, -0.2) is 13.6 Å². The molecule has 1 rings (SSSR count). The normalized spacial score (nSPS) is 10.9. The summed E-state index contributed by atoms with van der Waals surface area (Å²) in [7, 11) is 0.333. The van der Waals surface area contributed by atoms with Gasteiger partial charge in [0.1, 0.15) is 17.2 Å². The van der Waals surface area contributed by atoms with E-state index < -0.39 is 10.0 Å². The van der Waals surface area contributed by atoms with Crippen LogP contribution in [0.4, 0.5) is 0 Å². The van der Waals surface area contributed by atoms with Crippen LogP contribution in [0, 0.1) is 0 Å². The molecule has 0 saturated heterocycles. The monoisotopic (exact) mass is 273 g/mol. The first-order valence-corrected chi connectivity index (χ1v) is 6.41. The van der Waals surface area contributed by atoms with Crippen molar-refractivity contribution in [2.24, 2.45) is 5.14 Å². The Labute approximate surface area is 106 Å². The van der Waals surface area contributed by atoms with Gasteiger partial charge in [-0.15, -0.1) is 0 Å². The Kier molecular flexibility index (Phi) is 4.20. The molecule has 0 spiro atoms. The molecule has 7 heteroatoms. The Hall–Kier alpha value is -1.73. The van der Waals surface area contributed by atoms with Crippen molar-refractivity contribution < 1.29 is 22.6 Å². The number of ether oxygens (including phenoxy) is 3. The molecule has 0 unspecified atom stereocenters. The van der Waals surface area contributed by atoms with Crippen LogP contribution in [0.1, 0.15) is 5.56 Å². The van der Waals surface area contributed by atoms with Gasteiger partial charge in [0, 0.05) is 12.1 Å². The molecule has 1 aromatic carbocycles. The van der Waals surface area contributed by atoms with Gasteiger partial charge in [-0.1, -0.05) is 6.58 Å². The largest absolute Gasteiger partial charge is 0.496 e. The van der Waals surface area contributed by atoms with Crippen molar-refractivity contribution in [3.8, 4) is 17.2 Å². The maximum atomic E-state index is 11.4. The smallest absolute Gasteiger partial charge is 0.238 e. The first kappa shape index (κ1) is 14.3. The van der Waals surface area contributed by atoms with Gasteiger partial charge < -0.3 is 14.2 Å². The fourth-order valence-electron chi connectivity index (χ4n) is 1.42. The summed E-state index contributed by atoms with van der Waals surface area (Å²) in [5.74, 6) is 0.977. The van der Waals surface area contributed by atoms with Gasteiger partial charge in [0.25, 0.3) is 0 Å². The molecule has 0 aliphatic carbocycles. The standard InChI is InChI=1S/C11H15NO5S/c1-7(18(12,13)14)11-9(16-3)5-8(15-2)6-10(11)17-4/h5-6H,1H2,2-4H3,(H2,12,13,14). The lowest BCUT2D eigenvalue weighted by atomic mass is 10.1. The van der Waals surface area contributed by atoms with E-state index in [0.717, 1.165) is 0 Å². The Morgan fingerprint density at radius 3 is 1.83 bits per heavy atom. The van der Waals surface area contributed by atoms with Crippen LogP contribution >= 0.6 is 0 Å². The number of methoxy groups -OCH3 is 3. The highest BCUT2D eigenvalue weighted by Gasteiger charge is 2.22. The minimum atomic E-state index is -3.94. The molecule has 0 saturated carbocycles. The van der Waals surface area contributed by atoms with Crippen molar-refractivity contribution in [1.29, 1.82) is 0 Å². The van der Waals surface area contributed by atoms with E-state index in [2.05, 4.69) is 6.58 Å². The van der Waals surface area contributed by atoms with E-state index in [1.165, 1.54) is 33.5 Å². The molecule has 0 aromatic heterocycles. The number of nitrogens with two attached hydrogens (primary N) is 1. The first-order valence-electron chi connectivity index (χ1n) is 4.87. The van der Waals surface area contributed by atoms with E-state index in [1.54, 1.807) is 0 Å². The van der Waals surface area contributed by atoms with Crippen molar-refractivity contribution in [3.63, 3.8) is 0 Å². The van der Waals surface area contributed by atoms with Crippen molar-refractivity contribution in [2.45, 2.75) is 0 Å². The lowest BCUT2D eigenvalue weighted by molar-refractivity contribution is 0.374. The molecule has 6 nitrogen and oxygen atoms in total. The van der Waals surface area contributed by atoms with E-state index >= 15 is 0 Å². The second-order valence-electron chi connectivity index (χ2n) is 3.38. The van der Waals surface area contributed by atoms with Crippen LogP contribution < -0.4 is 19.3 Å². The molecule has 0 amide bonds. The molecule has 100 valence electrons. The molecule has 0 heterocycles. The second kappa shape index (κ2) is 5.28. The SMILES string of the molecule is C=C(c1c(OC)cc(OC)cc1OC)S(N)(=O)=O. The maximum absolute atomic E-state index is 11.4. The summed E-state index contributed by atoms with van der Waals surface area (Å²) in [4.78, 5) is -0.279. The summed E-state index contributed by atoms with van der Waals surface area (Å²) < 4.78 is 38.0. The topological polar surface area (TPSA) is 87.8 Å². The van der Waals surface area contributed by atoms with Crippen molar-refractivity contribution in [1.82, 2.24) is 0 Å². The molecule has 0 radical (unpaired) electrons. The van der Waals surface area contributed by atoms with E-state index in [0.29, 0.717) is 5.75 Å². The summed E-state index contributed by atoms with van der Waals surface area (Å²) in [5, 5.41) is 5.06. The highest BCUT2D eigenvalue weighted by Crippen LogP contribution is 2.39. The third kappa shape index (κ3) is 2.74. The van der Waals surface area contributed by atoms with Crippen molar-refractivity contribution in [3.05, 3.63) is 24.3 Å². The summed E-state index contributed by atoms with van der Waals surface area (Å²) in [6.07, 6.45) is 0. The number of hydrogen-bond acceptors (Lipinski definition) is 5. The number of primary sulfonamides is 1. The van der Waals surface area contributed by atoms with Gasteiger partial charge in [-0.05, 0) is 0 Å². The predicted octanol–water partition coefficient (Wildman–Crippen LogP) is 0.972. The Bertz CT molecular complexity index is 540. The average Bonchev–Trinajstić information content (AvgIpc) is 2.34. The van der Waals surface area contributed by atoms with Crippen molar-refractivity contribution >= 4 is 14.9 Å². The maximum Gasteiger partial charge on any atom is 0.238 e. The first-order chi connectivity index (χ1) is 8.35. The van der Waals surface area contributed by atoms with Crippen LogP contribution in [-0.4, -0.2) is 29.7 Å². The third-order valence-electron chi connectivity index (χ3n) is 2.34. The van der Waals surface area contributed by atoms with Gasteiger partial charge in [0.05, 0.1) is 31.8 Å². The number of rotatable bonds is 5. The van der Waals surface area contributed by atoms with E-state index in [9.17, 15) is 8.42 Å². The molecule has 0 aliphatic rings. The molecule has 18 heavy (non-hydrogen) atoms. The molecular weight excluding hydrogens is 258 g/mol. The van der Waals surface area contributed by atoms with Crippen LogP contribution in [0.15, 0.2) is 18.7 Å². The molecule has 0 bridgehead atoms. The van der Waals surface area contributed by atoms with Gasteiger partial charge in [-0.3, -0.25) is 0 Å². The second-order valence-corrected chi connectivity index (χ2v) is 4.96. The molecular formula is C11H15NO5S. The molecule has 1 aromatic rings. The van der Waals surface area contributed by atoms with Gasteiger partial charge in [-0.2, -0.15) is 0 Å². The van der Waals surface area contributed by atoms with Gasteiger partial charge in [0.2, 0.25) is 10.0 Å². The summed E-state index contributed by atoms with van der Waals surface area (Å²) in [5.41, 5.74) is 0.184. The number of benzene rings is 1. The zero-order valence-corrected chi connectivity index (χ0v) is 11.2. The Balaban J connectivity index is 3.55. The zero-order valence-electron chi connectivity index (χ0n) is 10.4. The van der Waals surface area contributed by atoms with Crippen LogP contribution in [-0.2, 0) is 10.0 Å². The predicted molar refractivity (Wildman–Crippen MR) is 68.2 cm³/mol. The molecule has 0 aliphatic heterocycles. The van der Waals surface area contributed by atoms with Gasteiger partial charge >= 0.3 is 0 Å². The van der Waals surface area contributed by atoms with E-state index in [1.807, 2.05) is 0 Å². The summed E-state index contributed by atoms with van der Waals surface area (Å²) >= 11 is 0. The van der Waals surface area contributed by atoms with E-state index in [-0.39, 0.29) is 22.0 Å². The van der Waals surface area contributed by atoms with Crippen LogP contribution in [0.5, 0.6) is 17.2 Å². The van der Waals surface area contributed by atoms with Crippen LogP contribution in [0.3, 0.4) is 0 Å². The summed E-state index contributed by atoms with van der Waals surface area (Å²) in [6.45, 7) is 3.46. The summed E-state index contributed by atoms with van der Waals surface area (Å²) in [6, 6.07) is 3.04. The molecule has 2 N–H and O–H groups in total. The fraction of sp³-hybridized carbons (Fsp3) is 0.273. The third-order valence-corrected chi connectivity index (χ3v) is 3.23. The molecule has 0 atom stereocenters. The Morgan fingerprint density at radius 2 is 1.56 bits per heavy atom. The van der Waals surface area contributed by atoms with Crippen LogP contribution in [0.25, 0.3) is 4.91 Å². The number of hydrogen-bond donors (Lipinski definition) is 1. The zero-order chi connectivity index (χ0) is 13.9. The quantitative estimate of drug-likeness (QED) is 0.863. The minimum Gasteiger partial charge on any atom is -0.496 e. The lowest BCUT2D eigenvalue weighted by Crippen LogP contribution is -2.14.